The van der Waals surface area contributed by atoms with Crippen LogP contribution in [0, 0.1) is 15.9 Å². The molecule has 1 aromatic carbocycles. The third kappa shape index (κ3) is 2.33. The Hall–Kier alpha value is -2.35. The highest BCUT2D eigenvalue weighted by Crippen LogP contribution is 2.24. The van der Waals surface area contributed by atoms with Gasteiger partial charge in [0.1, 0.15) is 5.82 Å². The highest BCUT2D eigenvalue weighted by atomic mass is 19.1. The molecule has 1 N–H and O–H groups in total. The second-order valence-electron chi connectivity index (χ2n) is 3.47. The molecule has 0 saturated heterocycles. The first-order chi connectivity index (χ1) is 8.61. The lowest BCUT2D eigenvalue weighted by atomic mass is 10.2. The van der Waals surface area contributed by atoms with Crippen LogP contribution in [0.15, 0.2) is 22.7 Å². The minimum atomic E-state index is -0.774. The molecule has 1 aromatic heterocycles. The summed E-state index contributed by atoms with van der Waals surface area (Å²) in [5.74, 6) is -0.401. The van der Waals surface area contributed by atoms with Crippen LogP contribution in [0.25, 0.3) is 11.5 Å². The van der Waals surface area contributed by atoms with Gasteiger partial charge in [0.25, 0.3) is 11.6 Å². The molecule has 0 aliphatic carbocycles. The smallest absolute Gasteiger partial charge is 0.272 e. The number of non-ortho nitro benzene ring substituents is 1. The molecule has 2 rings (SSSR count). The van der Waals surface area contributed by atoms with Crippen molar-refractivity contribution in [1.29, 1.82) is 0 Å². The summed E-state index contributed by atoms with van der Waals surface area (Å²) in [5, 5.41) is 16.9. The number of rotatable bonds is 4. The first kappa shape index (κ1) is 12.1. The number of halogens is 1. The zero-order valence-corrected chi connectivity index (χ0v) is 9.38. The van der Waals surface area contributed by atoms with Gasteiger partial charge in [-0.15, -0.1) is 0 Å². The Balaban J connectivity index is 2.35. The average molecular weight is 252 g/mol. The van der Waals surface area contributed by atoms with Crippen molar-refractivity contribution < 1.29 is 13.8 Å². The summed E-state index contributed by atoms with van der Waals surface area (Å²) >= 11 is 0. The maximum Gasteiger partial charge on any atom is 0.272 e. The van der Waals surface area contributed by atoms with Crippen LogP contribution in [-0.2, 0) is 6.54 Å². The van der Waals surface area contributed by atoms with E-state index >= 15 is 0 Å². The molecular formula is C10H9FN4O3. The predicted molar refractivity (Wildman–Crippen MR) is 59.1 cm³/mol. The molecule has 7 nitrogen and oxygen atoms in total. The predicted octanol–water partition coefficient (Wildman–Crippen LogP) is 1.50. The number of aromatic nitrogens is 2. The van der Waals surface area contributed by atoms with E-state index in [2.05, 4.69) is 15.5 Å². The number of nitrogens with one attached hydrogen (secondary N) is 1. The number of nitro groups is 1. The van der Waals surface area contributed by atoms with E-state index in [1.807, 2.05) is 0 Å². The van der Waals surface area contributed by atoms with E-state index < -0.39 is 10.7 Å². The van der Waals surface area contributed by atoms with Gasteiger partial charge in [0.05, 0.1) is 23.1 Å². The summed E-state index contributed by atoms with van der Waals surface area (Å²) in [6.45, 7) is 0.387. The Morgan fingerprint density at radius 3 is 2.94 bits per heavy atom. The topological polar surface area (TPSA) is 94.1 Å². The van der Waals surface area contributed by atoms with E-state index in [9.17, 15) is 14.5 Å². The van der Waals surface area contributed by atoms with Gasteiger partial charge in [-0.2, -0.15) is 4.98 Å². The van der Waals surface area contributed by atoms with Gasteiger partial charge in [-0.1, -0.05) is 5.16 Å². The van der Waals surface area contributed by atoms with Gasteiger partial charge in [0, 0.05) is 6.07 Å². The fourth-order valence-corrected chi connectivity index (χ4v) is 1.38. The van der Waals surface area contributed by atoms with Crippen molar-refractivity contribution in [3.63, 3.8) is 0 Å². The van der Waals surface area contributed by atoms with Gasteiger partial charge in [0.2, 0.25) is 0 Å². The Kier molecular flexibility index (Phi) is 3.28. The second-order valence-corrected chi connectivity index (χ2v) is 3.47. The molecule has 2 aromatic rings. The van der Waals surface area contributed by atoms with Gasteiger partial charge in [-0.3, -0.25) is 10.1 Å². The van der Waals surface area contributed by atoms with Gasteiger partial charge < -0.3 is 9.84 Å². The Morgan fingerprint density at radius 2 is 2.33 bits per heavy atom. The molecule has 94 valence electrons. The minimum absolute atomic E-state index is 0.00681. The summed E-state index contributed by atoms with van der Waals surface area (Å²) in [7, 11) is 1.71. The van der Waals surface area contributed by atoms with Crippen LogP contribution >= 0.6 is 0 Å². The summed E-state index contributed by atoms with van der Waals surface area (Å²) in [6, 6.07) is 3.24. The lowest BCUT2D eigenvalue weighted by Crippen LogP contribution is -2.06. The van der Waals surface area contributed by atoms with Crippen LogP contribution in [0.5, 0.6) is 0 Å². The van der Waals surface area contributed by atoms with Crippen molar-refractivity contribution in [2.45, 2.75) is 6.54 Å². The number of nitro benzene ring substituents is 1. The SMILES string of the molecule is CNCc1noc(-c2ccc([N+](=O)[O-])cc2F)n1. The first-order valence-corrected chi connectivity index (χ1v) is 5.03. The summed E-state index contributed by atoms with van der Waals surface area (Å²) in [4.78, 5) is 13.8. The van der Waals surface area contributed by atoms with E-state index in [0.29, 0.717) is 12.4 Å². The Bertz CT molecular complexity index is 584. The molecule has 0 unspecified atom stereocenters. The Morgan fingerprint density at radius 1 is 1.56 bits per heavy atom. The molecule has 0 bridgehead atoms. The zero-order valence-electron chi connectivity index (χ0n) is 9.38. The lowest BCUT2D eigenvalue weighted by Gasteiger charge is -1.96. The largest absolute Gasteiger partial charge is 0.334 e. The highest BCUT2D eigenvalue weighted by Gasteiger charge is 2.16. The molecule has 0 radical (unpaired) electrons. The van der Waals surface area contributed by atoms with Crippen molar-refractivity contribution in [2.24, 2.45) is 0 Å². The van der Waals surface area contributed by atoms with Gasteiger partial charge in [-0.05, 0) is 13.1 Å². The maximum atomic E-state index is 13.6. The van der Waals surface area contributed by atoms with Crippen molar-refractivity contribution in [3.05, 3.63) is 40.0 Å². The van der Waals surface area contributed by atoms with E-state index in [-0.39, 0.29) is 17.1 Å². The van der Waals surface area contributed by atoms with E-state index in [1.54, 1.807) is 7.05 Å². The Labute approximate surface area is 101 Å². The van der Waals surface area contributed by atoms with Crippen LogP contribution in [0.4, 0.5) is 10.1 Å². The molecular weight excluding hydrogens is 243 g/mol. The van der Waals surface area contributed by atoms with Crippen LogP contribution in [0.3, 0.4) is 0 Å². The van der Waals surface area contributed by atoms with E-state index in [4.69, 9.17) is 4.52 Å². The summed E-state index contributed by atoms with van der Waals surface area (Å²) in [5.41, 5.74) is -0.290. The molecule has 0 atom stereocenters. The van der Waals surface area contributed by atoms with E-state index in [1.165, 1.54) is 12.1 Å². The number of nitrogens with zero attached hydrogens (tertiary/aromatic N) is 3. The maximum absolute atomic E-state index is 13.6. The third-order valence-electron chi connectivity index (χ3n) is 2.20. The van der Waals surface area contributed by atoms with Crippen LogP contribution in [-0.4, -0.2) is 22.1 Å². The standard InChI is InChI=1S/C10H9FN4O3/c1-12-5-9-13-10(18-14-9)7-3-2-6(15(16)17)4-8(7)11/h2-4,12H,5H2,1H3. The normalized spacial score (nSPS) is 10.6. The average Bonchev–Trinajstić information content (AvgIpc) is 2.77. The van der Waals surface area contributed by atoms with Gasteiger partial charge >= 0.3 is 0 Å². The molecule has 0 amide bonds. The number of hydrogen-bond donors (Lipinski definition) is 1. The van der Waals surface area contributed by atoms with Crippen molar-refractivity contribution >= 4 is 5.69 Å². The van der Waals surface area contributed by atoms with Gasteiger partial charge in [0.15, 0.2) is 5.82 Å². The fraction of sp³-hybridized carbons (Fsp3) is 0.200. The monoisotopic (exact) mass is 252 g/mol. The summed E-state index contributed by atoms with van der Waals surface area (Å²) < 4.78 is 18.5. The molecule has 0 aliphatic heterocycles. The van der Waals surface area contributed by atoms with Crippen LogP contribution < -0.4 is 5.32 Å². The molecule has 1 heterocycles. The highest BCUT2D eigenvalue weighted by molar-refractivity contribution is 5.56. The zero-order chi connectivity index (χ0) is 13.1. The third-order valence-corrected chi connectivity index (χ3v) is 2.20. The molecule has 0 aliphatic rings. The minimum Gasteiger partial charge on any atom is -0.334 e. The summed E-state index contributed by atoms with van der Waals surface area (Å²) in [6.07, 6.45) is 0. The fourth-order valence-electron chi connectivity index (χ4n) is 1.38. The molecule has 0 fully saturated rings. The van der Waals surface area contributed by atoms with Crippen molar-refractivity contribution in [3.8, 4) is 11.5 Å². The van der Waals surface area contributed by atoms with Crippen molar-refractivity contribution in [2.75, 3.05) is 7.05 Å². The quantitative estimate of drug-likeness (QED) is 0.654. The molecule has 8 heteroatoms. The molecule has 0 spiro atoms. The lowest BCUT2D eigenvalue weighted by molar-refractivity contribution is -0.385. The molecule has 0 saturated carbocycles. The molecule has 18 heavy (non-hydrogen) atoms. The first-order valence-electron chi connectivity index (χ1n) is 5.03. The van der Waals surface area contributed by atoms with Crippen LogP contribution in [0.2, 0.25) is 0 Å². The van der Waals surface area contributed by atoms with E-state index in [0.717, 1.165) is 6.07 Å². The van der Waals surface area contributed by atoms with Crippen molar-refractivity contribution in [1.82, 2.24) is 15.5 Å². The second kappa shape index (κ2) is 4.88. The number of hydrogen-bond acceptors (Lipinski definition) is 6. The van der Waals surface area contributed by atoms with Gasteiger partial charge in [-0.25, -0.2) is 4.39 Å². The number of benzene rings is 1. The van der Waals surface area contributed by atoms with Crippen LogP contribution in [0.1, 0.15) is 5.82 Å².